The standard InChI is InChI=1S/C23H21N3O4S/c1-30-22-12-9-19(13-21(22)26(28)29)14-24-25-23(27)20-10-7-18(8-11-20)16-31-15-17-5-3-2-4-6-17/h2-14H,15-16H2,1H3,(H,25,27)/b24-14+. The Morgan fingerprint density at radius 3 is 2.39 bits per heavy atom. The van der Waals surface area contributed by atoms with Gasteiger partial charge in [0.25, 0.3) is 5.91 Å². The van der Waals surface area contributed by atoms with Crippen molar-refractivity contribution in [3.8, 4) is 5.75 Å². The lowest BCUT2D eigenvalue weighted by molar-refractivity contribution is -0.385. The molecular weight excluding hydrogens is 414 g/mol. The fraction of sp³-hybridized carbons (Fsp3) is 0.130. The molecule has 158 valence electrons. The number of hydrogen-bond donors (Lipinski definition) is 1. The summed E-state index contributed by atoms with van der Waals surface area (Å²) in [4.78, 5) is 22.8. The summed E-state index contributed by atoms with van der Waals surface area (Å²) in [5, 5.41) is 15.0. The van der Waals surface area contributed by atoms with Crippen LogP contribution in [0.3, 0.4) is 0 Å². The Balaban J connectivity index is 1.52. The Bertz CT molecular complexity index is 1070. The average Bonchev–Trinajstić information content (AvgIpc) is 2.80. The number of thioether (sulfide) groups is 1. The minimum absolute atomic E-state index is 0.160. The maximum absolute atomic E-state index is 12.3. The summed E-state index contributed by atoms with van der Waals surface area (Å²) in [7, 11) is 1.36. The number of hydrogen-bond acceptors (Lipinski definition) is 6. The summed E-state index contributed by atoms with van der Waals surface area (Å²) in [5.41, 5.74) is 5.63. The predicted octanol–water partition coefficient (Wildman–Crippen LogP) is 4.80. The third-order valence-electron chi connectivity index (χ3n) is 4.38. The monoisotopic (exact) mass is 435 g/mol. The van der Waals surface area contributed by atoms with Gasteiger partial charge in [-0.2, -0.15) is 16.9 Å². The van der Waals surface area contributed by atoms with Gasteiger partial charge in [-0.25, -0.2) is 5.43 Å². The number of carbonyl (C=O) groups excluding carboxylic acids is 1. The molecule has 0 aromatic heterocycles. The highest BCUT2D eigenvalue weighted by molar-refractivity contribution is 7.97. The van der Waals surface area contributed by atoms with Gasteiger partial charge in [0.15, 0.2) is 5.75 Å². The molecule has 3 rings (SSSR count). The molecule has 0 bridgehead atoms. The van der Waals surface area contributed by atoms with Crippen LogP contribution < -0.4 is 10.2 Å². The van der Waals surface area contributed by atoms with Crippen LogP contribution in [-0.2, 0) is 11.5 Å². The molecule has 0 heterocycles. The summed E-state index contributed by atoms with van der Waals surface area (Å²) >= 11 is 1.81. The van der Waals surface area contributed by atoms with Crippen molar-refractivity contribution in [3.05, 3.63) is 105 Å². The number of nitro benzene ring substituents is 1. The second-order valence-corrected chi connectivity index (χ2v) is 7.55. The lowest BCUT2D eigenvalue weighted by Crippen LogP contribution is -2.17. The van der Waals surface area contributed by atoms with E-state index in [9.17, 15) is 14.9 Å². The second-order valence-electron chi connectivity index (χ2n) is 6.56. The van der Waals surface area contributed by atoms with Crippen molar-refractivity contribution < 1.29 is 14.5 Å². The highest BCUT2D eigenvalue weighted by Crippen LogP contribution is 2.26. The zero-order valence-corrected chi connectivity index (χ0v) is 17.7. The molecule has 3 aromatic carbocycles. The molecule has 3 aromatic rings. The van der Waals surface area contributed by atoms with Gasteiger partial charge in [-0.15, -0.1) is 0 Å². The summed E-state index contributed by atoms with van der Waals surface area (Å²) in [5.74, 6) is 1.59. The Hall–Kier alpha value is -3.65. The van der Waals surface area contributed by atoms with Crippen LogP contribution in [0.25, 0.3) is 0 Å². The minimum atomic E-state index is -0.533. The molecule has 1 N–H and O–H groups in total. The smallest absolute Gasteiger partial charge is 0.311 e. The van der Waals surface area contributed by atoms with Crippen molar-refractivity contribution in [2.45, 2.75) is 11.5 Å². The lowest BCUT2D eigenvalue weighted by atomic mass is 10.1. The fourth-order valence-corrected chi connectivity index (χ4v) is 3.73. The number of nitrogens with one attached hydrogen (secondary N) is 1. The largest absolute Gasteiger partial charge is 0.490 e. The first-order valence-corrected chi connectivity index (χ1v) is 10.6. The third-order valence-corrected chi connectivity index (χ3v) is 5.45. The summed E-state index contributed by atoms with van der Waals surface area (Å²) in [6.45, 7) is 0. The molecule has 31 heavy (non-hydrogen) atoms. The Morgan fingerprint density at radius 2 is 1.74 bits per heavy atom. The Kier molecular flexibility index (Phi) is 7.78. The third kappa shape index (κ3) is 6.42. The molecule has 0 aliphatic heterocycles. The topological polar surface area (TPSA) is 93.8 Å². The van der Waals surface area contributed by atoms with Crippen molar-refractivity contribution in [2.75, 3.05) is 7.11 Å². The van der Waals surface area contributed by atoms with Crippen molar-refractivity contribution >= 4 is 29.6 Å². The van der Waals surface area contributed by atoms with Crippen LogP contribution in [0.4, 0.5) is 5.69 Å². The van der Waals surface area contributed by atoms with Crippen LogP contribution in [-0.4, -0.2) is 24.2 Å². The molecule has 0 saturated carbocycles. The van der Waals surface area contributed by atoms with Gasteiger partial charge in [0.1, 0.15) is 0 Å². The molecule has 0 atom stereocenters. The van der Waals surface area contributed by atoms with Crippen LogP contribution in [0.5, 0.6) is 5.75 Å². The van der Waals surface area contributed by atoms with Crippen LogP contribution in [0.15, 0.2) is 77.9 Å². The van der Waals surface area contributed by atoms with Gasteiger partial charge in [0.05, 0.1) is 18.2 Å². The van der Waals surface area contributed by atoms with E-state index in [0.717, 1.165) is 17.1 Å². The first kappa shape index (κ1) is 22.0. The van der Waals surface area contributed by atoms with Gasteiger partial charge in [0, 0.05) is 28.7 Å². The lowest BCUT2D eigenvalue weighted by Gasteiger charge is -2.04. The maximum atomic E-state index is 12.3. The molecule has 0 unspecified atom stereocenters. The summed E-state index contributed by atoms with van der Waals surface area (Å²) in [6.07, 6.45) is 1.35. The van der Waals surface area contributed by atoms with E-state index in [1.165, 1.54) is 31.0 Å². The van der Waals surface area contributed by atoms with Gasteiger partial charge in [-0.05, 0) is 35.4 Å². The van der Waals surface area contributed by atoms with Crippen LogP contribution >= 0.6 is 11.8 Å². The van der Waals surface area contributed by atoms with Gasteiger partial charge in [0.2, 0.25) is 0 Å². The molecule has 0 spiro atoms. The minimum Gasteiger partial charge on any atom is -0.490 e. The molecule has 0 aliphatic carbocycles. The van der Waals surface area contributed by atoms with Crippen molar-refractivity contribution in [3.63, 3.8) is 0 Å². The number of methoxy groups -OCH3 is 1. The first-order chi connectivity index (χ1) is 15.1. The number of benzene rings is 3. The normalized spacial score (nSPS) is 10.7. The maximum Gasteiger partial charge on any atom is 0.311 e. The molecule has 0 saturated heterocycles. The van der Waals surface area contributed by atoms with Crippen molar-refractivity contribution in [2.24, 2.45) is 5.10 Å². The van der Waals surface area contributed by atoms with E-state index in [-0.39, 0.29) is 17.3 Å². The number of hydrazone groups is 1. The van der Waals surface area contributed by atoms with E-state index in [2.05, 4.69) is 22.7 Å². The first-order valence-electron chi connectivity index (χ1n) is 9.43. The zero-order chi connectivity index (χ0) is 22.1. The Morgan fingerprint density at radius 1 is 1.06 bits per heavy atom. The van der Waals surface area contributed by atoms with E-state index >= 15 is 0 Å². The SMILES string of the molecule is COc1ccc(/C=N/NC(=O)c2ccc(CSCc3ccccc3)cc2)cc1[N+](=O)[O-]. The van der Waals surface area contributed by atoms with Gasteiger partial charge < -0.3 is 4.74 Å². The van der Waals surface area contributed by atoms with E-state index in [0.29, 0.717) is 11.1 Å². The number of carbonyl (C=O) groups is 1. The van der Waals surface area contributed by atoms with Crippen molar-refractivity contribution in [1.29, 1.82) is 0 Å². The molecule has 0 fully saturated rings. The van der Waals surface area contributed by atoms with E-state index in [1.54, 1.807) is 18.2 Å². The summed E-state index contributed by atoms with van der Waals surface area (Å²) in [6, 6.07) is 22.0. The quantitative estimate of drug-likeness (QED) is 0.296. The highest BCUT2D eigenvalue weighted by Gasteiger charge is 2.14. The molecule has 0 aliphatic rings. The summed E-state index contributed by atoms with van der Waals surface area (Å²) < 4.78 is 4.96. The highest BCUT2D eigenvalue weighted by atomic mass is 32.2. The number of amides is 1. The van der Waals surface area contributed by atoms with Crippen LogP contribution in [0.2, 0.25) is 0 Å². The fourth-order valence-electron chi connectivity index (χ4n) is 2.77. The number of rotatable bonds is 9. The van der Waals surface area contributed by atoms with E-state index in [4.69, 9.17) is 4.74 Å². The van der Waals surface area contributed by atoms with Crippen LogP contribution in [0.1, 0.15) is 27.0 Å². The Labute approximate surface area is 184 Å². The predicted molar refractivity (Wildman–Crippen MR) is 123 cm³/mol. The van der Waals surface area contributed by atoms with Gasteiger partial charge >= 0.3 is 5.69 Å². The number of nitro groups is 1. The van der Waals surface area contributed by atoms with Crippen LogP contribution in [0, 0.1) is 10.1 Å². The van der Waals surface area contributed by atoms with E-state index < -0.39 is 4.92 Å². The van der Waals surface area contributed by atoms with Crippen molar-refractivity contribution in [1.82, 2.24) is 5.43 Å². The number of nitrogens with zero attached hydrogens (tertiary/aromatic N) is 2. The average molecular weight is 436 g/mol. The second kappa shape index (κ2) is 10.9. The molecule has 8 heteroatoms. The zero-order valence-electron chi connectivity index (χ0n) is 16.9. The molecule has 0 radical (unpaired) electrons. The molecule has 7 nitrogen and oxygen atoms in total. The van der Waals surface area contributed by atoms with Gasteiger partial charge in [-0.3, -0.25) is 14.9 Å². The molecular formula is C23H21N3O4S. The number of ether oxygens (including phenoxy) is 1. The molecule has 1 amide bonds. The van der Waals surface area contributed by atoms with E-state index in [1.807, 2.05) is 42.1 Å². The van der Waals surface area contributed by atoms with Gasteiger partial charge in [-0.1, -0.05) is 42.5 Å².